The molecule has 0 bridgehead atoms. The second-order valence-corrected chi connectivity index (χ2v) is 6.14. The summed E-state index contributed by atoms with van der Waals surface area (Å²) in [4.78, 5) is 15.9. The molecule has 0 radical (unpaired) electrons. The first-order chi connectivity index (χ1) is 9.38. The molecule has 0 spiro atoms. The summed E-state index contributed by atoms with van der Waals surface area (Å²) in [6, 6.07) is 8.42. The first-order valence-corrected chi connectivity index (χ1v) is 7.52. The van der Waals surface area contributed by atoms with Crippen LogP contribution in [0.25, 0.3) is 0 Å². The number of hydrogen-bond donors (Lipinski definition) is 2. The van der Waals surface area contributed by atoms with Crippen molar-refractivity contribution in [2.45, 2.75) is 4.90 Å². The highest BCUT2D eigenvalue weighted by atomic mass is 32.2. The van der Waals surface area contributed by atoms with E-state index in [1.54, 1.807) is 0 Å². The zero-order valence-electron chi connectivity index (χ0n) is 10.6. The summed E-state index contributed by atoms with van der Waals surface area (Å²) >= 11 is 0. The monoisotopic (exact) mass is 292 g/mol. The fraction of sp³-hybridized carbons (Fsp3) is 0.0769. The lowest BCUT2D eigenvalue weighted by atomic mass is 10.2. The molecule has 0 unspecified atom stereocenters. The molecule has 0 aliphatic carbocycles. The third-order valence-corrected chi connectivity index (χ3v) is 3.69. The van der Waals surface area contributed by atoms with Crippen LogP contribution in [0.3, 0.4) is 0 Å². The lowest BCUT2D eigenvalue weighted by molar-refractivity contribution is 0.102. The van der Waals surface area contributed by atoms with Gasteiger partial charge in [0, 0.05) is 18.0 Å². The molecule has 1 aromatic carbocycles. The van der Waals surface area contributed by atoms with Crippen molar-refractivity contribution >= 4 is 21.6 Å². The van der Waals surface area contributed by atoms with Crippen LogP contribution in [0.2, 0.25) is 0 Å². The molecule has 1 heterocycles. The van der Waals surface area contributed by atoms with Gasteiger partial charge in [0.2, 0.25) is 0 Å². The Labute approximate surface area is 116 Å². The molecule has 1 aromatic heterocycles. The molecule has 1 amide bonds. The summed E-state index contributed by atoms with van der Waals surface area (Å²) in [5.41, 5.74) is 0.266. The molecule has 104 valence electrons. The third kappa shape index (κ3) is 3.12. The number of aromatic hydroxyl groups is 1. The van der Waals surface area contributed by atoms with Gasteiger partial charge >= 0.3 is 0 Å². The first kappa shape index (κ1) is 14.0. The molecule has 2 rings (SSSR count). The third-order valence-electron chi connectivity index (χ3n) is 2.56. The number of anilines is 1. The molecule has 0 saturated carbocycles. The summed E-state index contributed by atoms with van der Waals surface area (Å²) in [6.07, 6.45) is 2.52. The number of nitrogens with one attached hydrogen (secondary N) is 1. The van der Waals surface area contributed by atoms with Gasteiger partial charge in [-0.25, -0.2) is 13.4 Å². The van der Waals surface area contributed by atoms with Crippen molar-refractivity contribution in [1.82, 2.24) is 4.98 Å². The molecule has 7 heteroatoms. The summed E-state index contributed by atoms with van der Waals surface area (Å²) in [5.74, 6) is -0.586. The Morgan fingerprint density at radius 2 is 1.85 bits per heavy atom. The van der Waals surface area contributed by atoms with Crippen LogP contribution in [0, 0.1) is 0 Å². The maximum Gasteiger partial charge on any atom is 0.256 e. The van der Waals surface area contributed by atoms with Gasteiger partial charge in [-0.15, -0.1) is 0 Å². The van der Waals surface area contributed by atoms with Gasteiger partial charge in [-0.2, -0.15) is 0 Å². The van der Waals surface area contributed by atoms with Crippen molar-refractivity contribution in [2.75, 3.05) is 11.6 Å². The van der Waals surface area contributed by atoms with Gasteiger partial charge in [0.25, 0.3) is 5.91 Å². The van der Waals surface area contributed by atoms with E-state index in [9.17, 15) is 18.3 Å². The van der Waals surface area contributed by atoms with Crippen molar-refractivity contribution in [3.8, 4) is 5.75 Å². The topological polar surface area (TPSA) is 96.4 Å². The molecule has 0 saturated heterocycles. The Kier molecular flexibility index (Phi) is 3.71. The van der Waals surface area contributed by atoms with Crippen LogP contribution in [0.15, 0.2) is 47.5 Å². The van der Waals surface area contributed by atoms with Crippen LogP contribution in [0.1, 0.15) is 10.4 Å². The number of nitrogens with zero attached hydrogens (tertiary/aromatic N) is 1. The number of benzene rings is 1. The SMILES string of the molecule is CS(=O)(=O)c1ccc(C(=O)Nc2ncccc2O)cc1. The number of carbonyl (C=O) groups is 1. The van der Waals surface area contributed by atoms with Crippen LogP contribution >= 0.6 is 0 Å². The highest BCUT2D eigenvalue weighted by Gasteiger charge is 2.11. The van der Waals surface area contributed by atoms with Gasteiger partial charge in [0.1, 0.15) is 0 Å². The second kappa shape index (κ2) is 5.30. The quantitative estimate of drug-likeness (QED) is 0.892. The first-order valence-electron chi connectivity index (χ1n) is 5.63. The van der Waals surface area contributed by atoms with Gasteiger partial charge in [0.15, 0.2) is 21.4 Å². The highest BCUT2D eigenvalue weighted by Crippen LogP contribution is 2.19. The Hall–Kier alpha value is -2.41. The molecular weight excluding hydrogens is 280 g/mol. The number of sulfone groups is 1. The van der Waals surface area contributed by atoms with E-state index in [2.05, 4.69) is 10.3 Å². The van der Waals surface area contributed by atoms with Crippen molar-refractivity contribution < 1.29 is 18.3 Å². The van der Waals surface area contributed by atoms with E-state index in [0.29, 0.717) is 0 Å². The number of hydrogen-bond acceptors (Lipinski definition) is 5. The summed E-state index contributed by atoms with van der Waals surface area (Å²) in [5, 5.41) is 11.9. The minimum atomic E-state index is -3.29. The van der Waals surface area contributed by atoms with Crippen molar-refractivity contribution in [3.63, 3.8) is 0 Å². The Morgan fingerprint density at radius 3 is 2.40 bits per heavy atom. The lowest BCUT2D eigenvalue weighted by Gasteiger charge is -2.06. The van der Waals surface area contributed by atoms with Crippen LogP contribution in [-0.2, 0) is 9.84 Å². The summed E-state index contributed by atoms with van der Waals surface area (Å²) in [6.45, 7) is 0. The van der Waals surface area contributed by atoms with E-state index in [0.717, 1.165) is 6.26 Å². The van der Waals surface area contributed by atoms with E-state index in [1.165, 1.54) is 42.6 Å². The van der Waals surface area contributed by atoms with E-state index < -0.39 is 15.7 Å². The van der Waals surface area contributed by atoms with Gasteiger partial charge in [-0.1, -0.05) is 0 Å². The number of rotatable bonds is 3. The fourth-order valence-corrected chi connectivity index (χ4v) is 2.16. The number of aromatic nitrogens is 1. The predicted octanol–water partition coefficient (Wildman–Crippen LogP) is 1.44. The van der Waals surface area contributed by atoms with E-state index >= 15 is 0 Å². The van der Waals surface area contributed by atoms with Crippen molar-refractivity contribution in [1.29, 1.82) is 0 Å². The Morgan fingerprint density at radius 1 is 1.20 bits per heavy atom. The zero-order chi connectivity index (χ0) is 14.8. The molecule has 2 N–H and O–H groups in total. The van der Waals surface area contributed by atoms with Gasteiger partial charge < -0.3 is 10.4 Å². The van der Waals surface area contributed by atoms with Gasteiger partial charge in [0.05, 0.1) is 4.90 Å². The molecule has 0 aliphatic rings. The number of pyridine rings is 1. The zero-order valence-corrected chi connectivity index (χ0v) is 11.4. The Bertz CT molecular complexity index is 739. The van der Waals surface area contributed by atoms with E-state index in [-0.39, 0.29) is 22.0 Å². The second-order valence-electron chi connectivity index (χ2n) is 4.12. The molecular formula is C13H12N2O4S. The summed E-state index contributed by atoms with van der Waals surface area (Å²) in [7, 11) is -3.29. The normalized spacial score (nSPS) is 11.1. The van der Waals surface area contributed by atoms with Crippen LogP contribution in [0.5, 0.6) is 5.75 Å². The standard InChI is InChI=1S/C13H12N2O4S/c1-20(18,19)10-6-4-9(5-7-10)13(17)15-12-11(16)3-2-8-14-12/h2-8,16H,1H3,(H,14,15,17). The fourth-order valence-electron chi connectivity index (χ4n) is 1.53. The Balaban J connectivity index is 2.20. The molecule has 20 heavy (non-hydrogen) atoms. The van der Waals surface area contributed by atoms with Crippen molar-refractivity contribution in [3.05, 3.63) is 48.2 Å². The molecule has 0 aliphatic heterocycles. The minimum Gasteiger partial charge on any atom is -0.504 e. The highest BCUT2D eigenvalue weighted by molar-refractivity contribution is 7.90. The molecule has 0 fully saturated rings. The van der Waals surface area contributed by atoms with Crippen molar-refractivity contribution in [2.24, 2.45) is 0 Å². The average molecular weight is 292 g/mol. The largest absolute Gasteiger partial charge is 0.504 e. The van der Waals surface area contributed by atoms with Crippen LogP contribution < -0.4 is 5.32 Å². The van der Waals surface area contributed by atoms with Gasteiger partial charge in [-0.05, 0) is 36.4 Å². The maximum atomic E-state index is 11.9. The molecule has 2 aromatic rings. The number of amides is 1. The van der Waals surface area contributed by atoms with E-state index in [4.69, 9.17) is 0 Å². The maximum absolute atomic E-state index is 11.9. The van der Waals surface area contributed by atoms with E-state index in [1.807, 2.05) is 0 Å². The number of carbonyl (C=O) groups excluding carboxylic acids is 1. The smallest absolute Gasteiger partial charge is 0.256 e. The summed E-state index contributed by atoms with van der Waals surface area (Å²) < 4.78 is 22.6. The average Bonchev–Trinajstić information content (AvgIpc) is 2.40. The molecule has 6 nitrogen and oxygen atoms in total. The van der Waals surface area contributed by atoms with Crippen LogP contribution in [-0.4, -0.2) is 30.7 Å². The minimum absolute atomic E-state index is 0.0460. The van der Waals surface area contributed by atoms with Crippen LogP contribution in [0.4, 0.5) is 5.82 Å². The predicted molar refractivity (Wildman–Crippen MR) is 73.4 cm³/mol. The molecule has 0 atom stereocenters. The van der Waals surface area contributed by atoms with Gasteiger partial charge in [-0.3, -0.25) is 4.79 Å². The lowest BCUT2D eigenvalue weighted by Crippen LogP contribution is -2.13.